The number of anilines is 2. The zero-order valence-corrected chi connectivity index (χ0v) is 12.3. The smallest absolute Gasteiger partial charge is 0.224 e. The molecule has 6 heteroatoms. The van der Waals surface area contributed by atoms with Gasteiger partial charge in [0.2, 0.25) is 5.28 Å². The lowest BCUT2D eigenvalue weighted by molar-refractivity contribution is 0.751. The van der Waals surface area contributed by atoms with E-state index >= 15 is 0 Å². The summed E-state index contributed by atoms with van der Waals surface area (Å²) in [5.74, 6) is 1.86. The third-order valence-corrected chi connectivity index (χ3v) is 4.64. The Morgan fingerprint density at radius 3 is 2.94 bits per heavy atom. The molecule has 1 aliphatic rings. The fraction of sp³-hybridized carbons (Fsp3) is 0.667. The molecule has 0 radical (unpaired) electrons. The number of halogens is 1. The number of rotatable bonds is 4. The van der Waals surface area contributed by atoms with Crippen LogP contribution in [0.3, 0.4) is 0 Å². The molecule has 1 aromatic heterocycles. The summed E-state index contributed by atoms with van der Waals surface area (Å²) < 4.78 is 0. The minimum Gasteiger partial charge on any atom is -0.394 e. The lowest BCUT2D eigenvalue weighted by Crippen LogP contribution is -2.19. The predicted octanol–water partition coefficient (Wildman–Crippen LogP) is 3.11. The summed E-state index contributed by atoms with van der Waals surface area (Å²) in [6, 6.07) is 0.446. The van der Waals surface area contributed by atoms with E-state index in [1.165, 1.54) is 18.6 Å². The third kappa shape index (κ3) is 3.20. The van der Waals surface area contributed by atoms with Gasteiger partial charge in [0.1, 0.15) is 0 Å². The molecule has 0 amide bonds. The average Bonchev–Trinajstić information content (AvgIpc) is 2.73. The zero-order valence-electron chi connectivity index (χ0n) is 10.7. The number of nitrogens with zero attached hydrogens (tertiary/aromatic N) is 2. The van der Waals surface area contributed by atoms with Crippen LogP contribution < -0.4 is 11.1 Å². The highest BCUT2D eigenvalue weighted by atomic mass is 35.5. The minimum absolute atomic E-state index is 0.252. The number of thioether (sulfide) groups is 1. The largest absolute Gasteiger partial charge is 0.394 e. The Hall–Kier alpha value is -0.680. The van der Waals surface area contributed by atoms with Gasteiger partial charge in [-0.25, -0.2) is 4.98 Å². The maximum atomic E-state index is 5.97. The van der Waals surface area contributed by atoms with Crippen molar-refractivity contribution in [2.75, 3.05) is 16.8 Å². The minimum atomic E-state index is 0.252. The van der Waals surface area contributed by atoms with Gasteiger partial charge >= 0.3 is 0 Å². The van der Waals surface area contributed by atoms with Crippen LogP contribution in [0.15, 0.2) is 0 Å². The zero-order chi connectivity index (χ0) is 13.1. The molecule has 4 nitrogen and oxygen atoms in total. The Labute approximate surface area is 117 Å². The molecule has 1 fully saturated rings. The fourth-order valence-corrected chi connectivity index (χ4v) is 3.66. The van der Waals surface area contributed by atoms with Gasteiger partial charge < -0.3 is 11.1 Å². The van der Waals surface area contributed by atoms with E-state index in [2.05, 4.69) is 22.2 Å². The highest BCUT2D eigenvalue weighted by Crippen LogP contribution is 2.32. The van der Waals surface area contributed by atoms with Gasteiger partial charge in [-0.1, -0.05) is 6.92 Å². The lowest BCUT2D eigenvalue weighted by Gasteiger charge is -2.16. The van der Waals surface area contributed by atoms with Gasteiger partial charge in [0.05, 0.1) is 11.4 Å². The summed E-state index contributed by atoms with van der Waals surface area (Å²) in [4.78, 5) is 8.22. The maximum Gasteiger partial charge on any atom is 0.224 e. The third-order valence-electron chi connectivity index (χ3n) is 3.24. The summed E-state index contributed by atoms with van der Waals surface area (Å²) in [5, 5.41) is 4.41. The van der Waals surface area contributed by atoms with Gasteiger partial charge in [0, 0.05) is 11.3 Å². The molecule has 1 heterocycles. The van der Waals surface area contributed by atoms with Crippen molar-refractivity contribution in [1.29, 1.82) is 0 Å². The van der Waals surface area contributed by atoms with Gasteiger partial charge in [0.25, 0.3) is 0 Å². The maximum absolute atomic E-state index is 5.97. The Balaban J connectivity index is 2.02. The van der Waals surface area contributed by atoms with Crippen molar-refractivity contribution in [1.82, 2.24) is 9.97 Å². The number of nitrogens with one attached hydrogen (secondary N) is 1. The Bertz CT molecular complexity index is 427. The molecular weight excluding hydrogens is 268 g/mol. The first-order valence-electron chi connectivity index (χ1n) is 6.28. The van der Waals surface area contributed by atoms with Gasteiger partial charge in [-0.3, -0.25) is 0 Å². The van der Waals surface area contributed by atoms with E-state index < -0.39 is 0 Å². The van der Waals surface area contributed by atoms with Crippen molar-refractivity contribution in [3.8, 4) is 0 Å². The molecule has 1 saturated carbocycles. The monoisotopic (exact) mass is 286 g/mol. The topological polar surface area (TPSA) is 63.8 Å². The van der Waals surface area contributed by atoms with E-state index in [1.807, 2.05) is 18.7 Å². The van der Waals surface area contributed by atoms with Crippen LogP contribution in [0.4, 0.5) is 11.5 Å². The number of nitrogen functional groups attached to an aromatic ring is 1. The second-order valence-corrected chi connectivity index (χ2v) is 6.49. The first-order valence-corrected chi connectivity index (χ1v) is 7.70. The summed E-state index contributed by atoms with van der Waals surface area (Å²) in [6.07, 6.45) is 3.59. The van der Waals surface area contributed by atoms with Crippen molar-refractivity contribution < 1.29 is 0 Å². The summed E-state index contributed by atoms with van der Waals surface area (Å²) in [6.45, 7) is 4.05. The molecule has 18 heavy (non-hydrogen) atoms. The highest BCUT2D eigenvalue weighted by Gasteiger charge is 2.25. The van der Waals surface area contributed by atoms with Gasteiger partial charge in [-0.15, -0.1) is 0 Å². The Morgan fingerprint density at radius 1 is 1.44 bits per heavy atom. The van der Waals surface area contributed by atoms with Crippen LogP contribution in [0.1, 0.15) is 31.9 Å². The number of nitrogens with two attached hydrogens (primary N) is 1. The standard InChI is InChI=1S/C12H19ClN4S/c1-3-18-9-5-4-8(6-9)16-11-10(14)7(2)15-12(13)17-11/h8-9H,3-6,14H2,1-2H3,(H,15,16,17). The SMILES string of the molecule is CCSC1CCC(Nc2nc(Cl)nc(C)c2N)C1. The molecule has 0 spiro atoms. The normalized spacial score (nSPS) is 23.3. The molecule has 1 aromatic rings. The van der Waals surface area contributed by atoms with Crippen molar-refractivity contribution in [2.45, 2.75) is 44.4 Å². The second-order valence-electron chi connectivity index (χ2n) is 4.57. The van der Waals surface area contributed by atoms with Crippen LogP contribution in [-0.4, -0.2) is 27.0 Å². The Kier molecular flexibility index (Phi) is 4.56. The van der Waals surface area contributed by atoms with Gasteiger partial charge in [0.15, 0.2) is 5.82 Å². The number of aromatic nitrogens is 2. The molecule has 2 rings (SSSR count). The fourth-order valence-electron chi connectivity index (χ4n) is 2.31. The van der Waals surface area contributed by atoms with E-state index in [0.717, 1.165) is 17.4 Å². The van der Waals surface area contributed by atoms with Crippen LogP contribution in [-0.2, 0) is 0 Å². The molecule has 100 valence electrons. The van der Waals surface area contributed by atoms with E-state index in [4.69, 9.17) is 17.3 Å². The van der Waals surface area contributed by atoms with Crippen molar-refractivity contribution in [3.63, 3.8) is 0 Å². The average molecular weight is 287 g/mol. The number of aryl methyl sites for hydroxylation is 1. The first kappa shape index (κ1) is 13.7. The molecule has 1 aliphatic carbocycles. The second kappa shape index (κ2) is 5.97. The number of hydrogen-bond acceptors (Lipinski definition) is 5. The molecule has 2 atom stereocenters. The van der Waals surface area contributed by atoms with E-state index in [1.54, 1.807) is 0 Å². The van der Waals surface area contributed by atoms with Crippen LogP contribution >= 0.6 is 23.4 Å². The van der Waals surface area contributed by atoms with Gasteiger partial charge in [-0.05, 0) is 43.5 Å². The molecular formula is C12H19ClN4S. The molecule has 3 N–H and O–H groups in total. The number of hydrogen-bond donors (Lipinski definition) is 2. The molecule has 0 bridgehead atoms. The van der Waals surface area contributed by atoms with Crippen LogP contribution in [0.2, 0.25) is 5.28 Å². The lowest BCUT2D eigenvalue weighted by atomic mass is 10.2. The van der Waals surface area contributed by atoms with Crippen LogP contribution in [0.5, 0.6) is 0 Å². The van der Waals surface area contributed by atoms with Crippen LogP contribution in [0, 0.1) is 6.92 Å². The Morgan fingerprint density at radius 2 is 2.22 bits per heavy atom. The van der Waals surface area contributed by atoms with E-state index in [9.17, 15) is 0 Å². The quantitative estimate of drug-likeness (QED) is 0.833. The summed E-state index contributed by atoms with van der Waals surface area (Å²) in [7, 11) is 0. The summed E-state index contributed by atoms with van der Waals surface area (Å²) >= 11 is 7.90. The first-order chi connectivity index (χ1) is 8.60. The molecule has 2 unspecified atom stereocenters. The van der Waals surface area contributed by atoms with Crippen molar-refractivity contribution in [2.24, 2.45) is 0 Å². The van der Waals surface area contributed by atoms with Crippen molar-refractivity contribution in [3.05, 3.63) is 11.0 Å². The van der Waals surface area contributed by atoms with E-state index in [-0.39, 0.29) is 5.28 Å². The van der Waals surface area contributed by atoms with E-state index in [0.29, 0.717) is 17.5 Å². The van der Waals surface area contributed by atoms with Crippen molar-refractivity contribution >= 4 is 34.9 Å². The molecule has 0 saturated heterocycles. The molecule has 0 aliphatic heterocycles. The van der Waals surface area contributed by atoms with Gasteiger partial charge in [-0.2, -0.15) is 16.7 Å². The molecule has 0 aromatic carbocycles. The highest BCUT2D eigenvalue weighted by molar-refractivity contribution is 7.99. The predicted molar refractivity (Wildman–Crippen MR) is 79.4 cm³/mol. The van der Waals surface area contributed by atoms with Crippen LogP contribution in [0.25, 0.3) is 0 Å². The summed E-state index contributed by atoms with van der Waals surface area (Å²) in [5.41, 5.74) is 7.31.